The molecule has 0 spiro atoms. The van der Waals surface area contributed by atoms with Crippen molar-refractivity contribution in [2.45, 2.75) is 46.0 Å². The van der Waals surface area contributed by atoms with E-state index in [1.807, 2.05) is 71.0 Å². The standard InChI is InChI=1S/C17H26O3/c1-6-13-16(5,19-7-2)17(18,20-8-3)15-11-9-14(4)10-12-15/h6,9-13,18H,7-8H2,1-5H3. The van der Waals surface area contributed by atoms with Crippen LogP contribution in [0.25, 0.3) is 0 Å². The Kier molecular flexibility index (Phi) is 5.93. The van der Waals surface area contributed by atoms with Crippen LogP contribution in [0, 0.1) is 6.92 Å². The number of aliphatic hydroxyl groups is 1. The summed E-state index contributed by atoms with van der Waals surface area (Å²) in [5.41, 5.74) is 0.887. The van der Waals surface area contributed by atoms with Crippen molar-refractivity contribution in [3.63, 3.8) is 0 Å². The highest BCUT2D eigenvalue weighted by atomic mass is 16.7. The minimum atomic E-state index is -1.52. The maximum Gasteiger partial charge on any atom is 0.226 e. The highest BCUT2D eigenvalue weighted by Crippen LogP contribution is 2.38. The molecule has 112 valence electrons. The number of benzene rings is 1. The minimum Gasteiger partial charge on any atom is -0.365 e. The predicted octanol–water partition coefficient (Wildman–Crippen LogP) is 3.55. The Morgan fingerprint density at radius 2 is 1.65 bits per heavy atom. The fraction of sp³-hybridized carbons (Fsp3) is 0.529. The molecule has 0 saturated carbocycles. The zero-order valence-electron chi connectivity index (χ0n) is 13.1. The molecule has 20 heavy (non-hydrogen) atoms. The molecule has 0 amide bonds. The van der Waals surface area contributed by atoms with E-state index in [0.29, 0.717) is 18.8 Å². The van der Waals surface area contributed by atoms with Crippen molar-refractivity contribution >= 4 is 0 Å². The van der Waals surface area contributed by atoms with Crippen LogP contribution < -0.4 is 0 Å². The second-order valence-electron chi connectivity index (χ2n) is 4.98. The van der Waals surface area contributed by atoms with Crippen LogP contribution in [0.15, 0.2) is 36.4 Å². The van der Waals surface area contributed by atoms with Gasteiger partial charge in [0.15, 0.2) is 0 Å². The van der Waals surface area contributed by atoms with Gasteiger partial charge in [-0.3, -0.25) is 0 Å². The number of hydrogen-bond donors (Lipinski definition) is 1. The molecule has 1 N–H and O–H groups in total. The summed E-state index contributed by atoms with van der Waals surface area (Å²) in [4.78, 5) is 0. The topological polar surface area (TPSA) is 38.7 Å². The van der Waals surface area contributed by atoms with E-state index in [2.05, 4.69) is 0 Å². The van der Waals surface area contributed by atoms with Gasteiger partial charge in [0.05, 0.1) is 0 Å². The summed E-state index contributed by atoms with van der Waals surface area (Å²) in [6.45, 7) is 10.4. The van der Waals surface area contributed by atoms with Crippen LogP contribution in [-0.4, -0.2) is 23.9 Å². The monoisotopic (exact) mass is 278 g/mol. The zero-order chi connectivity index (χ0) is 15.2. The summed E-state index contributed by atoms with van der Waals surface area (Å²) in [5, 5.41) is 11.2. The molecule has 0 saturated heterocycles. The first-order chi connectivity index (χ1) is 9.43. The van der Waals surface area contributed by atoms with E-state index in [9.17, 15) is 5.11 Å². The lowest BCUT2D eigenvalue weighted by Crippen LogP contribution is -2.52. The number of rotatable bonds is 7. The van der Waals surface area contributed by atoms with E-state index in [4.69, 9.17) is 9.47 Å². The van der Waals surface area contributed by atoms with Gasteiger partial charge < -0.3 is 14.6 Å². The average Bonchev–Trinajstić information content (AvgIpc) is 2.40. The molecule has 0 aromatic heterocycles. The SMILES string of the molecule is CC=CC(C)(OCC)C(O)(OCC)c1ccc(C)cc1. The molecular weight excluding hydrogens is 252 g/mol. The molecule has 0 radical (unpaired) electrons. The average molecular weight is 278 g/mol. The zero-order valence-corrected chi connectivity index (χ0v) is 13.1. The Balaban J connectivity index is 3.34. The molecule has 1 rings (SSSR count). The number of aryl methyl sites for hydroxylation is 1. The Labute approximate surface area is 122 Å². The minimum absolute atomic E-state index is 0.393. The van der Waals surface area contributed by atoms with E-state index in [1.165, 1.54) is 0 Å². The van der Waals surface area contributed by atoms with Crippen molar-refractivity contribution < 1.29 is 14.6 Å². The van der Waals surface area contributed by atoms with Crippen LogP contribution in [0.1, 0.15) is 38.8 Å². The fourth-order valence-electron chi connectivity index (χ4n) is 2.38. The van der Waals surface area contributed by atoms with Crippen LogP contribution >= 0.6 is 0 Å². The third-order valence-electron chi connectivity index (χ3n) is 3.40. The van der Waals surface area contributed by atoms with Crippen LogP contribution in [0.4, 0.5) is 0 Å². The maximum atomic E-state index is 11.2. The van der Waals surface area contributed by atoms with Crippen molar-refractivity contribution in [1.82, 2.24) is 0 Å². The molecule has 0 bridgehead atoms. The smallest absolute Gasteiger partial charge is 0.226 e. The van der Waals surface area contributed by atoms with Gasteiger partial charge in [-0.05, 0) is 34.6 Å². The molecule has 1 aromatic rings. The van der Waals surface area contributed by atoms with Gasteiger partial charge in [0.25, 0.3) is 0 Å². The summed E-state index contributed by atoms with van der Waals surface area (Å²) < 4.78 is 11.5. The Bertz CT molecular complexity index is 438. The van der Waals surface area contributed by atoms with Crippen molar-refractivity contribution in [3.8, 4) is 0 Å². The lowest BCUT2D eigenvalue weighted by molar-refractivity contribution is -0.298. The molecular formula is C17H26O3. The van der Waals surface area contributed by atoms with Crippen LogP contribution in [0.2, 0.25) is 0 Å². The third-order valence-corrected chi connectivity index (χ3v) is 3.40. The molecule has 2 unspecified atom stereocenters. The molecule has 1 aromatic carbocycles. The maximum absolute atomic E-state index is 11.2. The van der Waals surface area contributed by atoms with Gasteiger partial charge in [-0.15, -0.1) is 0 Å². The summed E-state index contributed by atoms with van der Waals surface area (Å²) in [6, 6.07) is 7.68. The van der Waals surface area contributed by atoms with Gasteiger partial charge >= 0.3 is 0 Å². The highest BCUT2D eigenvalue weighted by molar-refractivity contribution is 5.29. The predicted molar refractivity (Wildman–Crippen MR) is 81.5 cm³/mol. The summed E-state index contributed by atoms with van der Waals surface area (Å²) in [6.07, 6.45) is 3.71. The van der Waals surface area contributed by atoms with E-state index in [0.717, 1.165) is 5.56 Å². The van der Waals surface area contributed by atoms with Crippen LogP contribution in [0.5, 0.6) is 0 Å². The lowest BCUT2D eigenvalue weighted by Gasteiger charge is -2.42. The first-order valence-corrected chi connectivity index (χ1v) is 7.14. The van der Waals surface area contributed by atoms with Crippen molar-refractivity contribution in [2.24, 2.45) is 0 Å². The first kappa shape index (κ1) is 16.9. The second-order valence-corrected chi connectivity index (χ2v) is 4.98. The van der Waals surface area contributed by atoms with Crippen molar-refractivity contribution in [2.75, 3.05) is 13.2 Å². The number of hydrogen-bond acceptors (Lipinski definition) is 3. The number of ether oxygens (including phenoxy) is 2. The van der Waals surface area contributed by atoms with Gasteiger partial charge in [0, 0.05) is 18.8 Å². The molecule has 0 aliphatic carbocycles. The molecule has 3 nitrogen and oxygen atoms in total. The molecule has 0 heterocycles. The van der Waals surface area contributed by atoms with Crippen LogP contribution in [0.3, 0.4) is 0 Å². The van der Waals surface area contributed by atoms with Crippen molar-refractivity contribution in [1.29, 1.82) is 0 Å². The summed E-state index contributed by atoms with van der Waals surface area (Å²) >= 11 is 0. The fourth-order valence-corrected chi connectivity index (χ4v) is 2.38. The van der Waals surface area contributed by atoms with Gasteiger partial charge in [0.1, 0.15) is 5.60 Å². The molecule has 0 fully saturated rings. The highest BCUT2D eigenvalue weighted by Gasteiger charge is 2.48. The molecule has 0 aliphatic heterocycles. The van der Waals surface area contributed by atoms with E-state index >= 15 is 0 Å². The van der Waals surface area contributed by atoms with Crippen LogP contribution in [-0.2, 0) is 15.3 Å². The normalized spacial score (nSPS) is 17.9. The molecule has 2 atom stereocenters. The van der Waals surface area contributed by atoms with Gasteiger partial charge in [0.2, 0.25) is 5.79 Å². The second kappa shape index (κ2) is 7.02. The molecule has 0 aliphatic rings. The Morgan fingerprint density at radius 1 is 1.10 bits per heavy atom. The Morgan fingerprint density at radius 3 is 2.10 bits per heavy atom. The van der Waals surface area contributed by atoms with Gasteiger partial charge in [-0.2, -0.15) is 0 Å². The quantitative estimate of drug-likeness (QED) is 0.612. The van der Waals surface area contributed by atoms with Gasteiger partial charge in [-0.25, -0.2) is 0 Å². The van der Waals surface area contributed by atoms with E-state index < -0.39 is 11.4 Å². The number of allylic oxidation sites excluding steroid dienone is 1. The lowest BCUT2D eigenvalue weighted by atomic mass is 9.87. The van der Waals surface area contributed by atoms with E-state index in [-0.39, 0.29) is 0 Å². The summed E-state index contributed by atoms with van der Waals surface area (Å²) in [7, 11) is 0. The summed E-state index contributed by atoms with van der Waals surface area (Å²) in [5.74, 6) is -1.52. The van der Waals surface area contributed by atoms with Crippen molar-refractivity contribution in [3.05, 3.63) is 47.5 Å². The molecule has 3 heteroatoms. The van der Waals surface area contributed by atoms with Gasteiger partial charge in [-0.1, -0.05) is 42.0 Å². The third kappa shape index (κ3) is 3.29. The first-order valence-electron chi connectivity index (χ1n) is 7.14. The van der Waals surface area contributed by atoms with E-state index in [1.54, 1.807) is 0 Å². The Hall–Kier alpha value is -1.16. The largest absolute Gasteiger partial charge is 0.365 e.